The molecular formula is C19H22N2O5S. The second kappa shape index (κ2) is 8.30. The monoisotopic (exact) mass is 390 g/mol. The third-order valence-corrected chi connectivity index (χ3v) is 5.28. The fourth-order valence-electron chi connectivity index (χ4n) is 2.79. The molecule has 1 amide bonds. The van der Waals surface area contributed by atoms with Crippen LogP contribution < -0.4 is 19.1 Å². The summed E-state index contributed by atoms with van der Waals surface area (Å²) in [7, 11) is -3.63. The molecule has 0 radical (unpaired) electrons. The molecule has 27 heavy (non-hydrogen) atoms. The third-order valence-electron chi connectivity index (χ3n) is 4.14. The maximum absolute atomic E-state index is 12.2. The minimum absolute atomic E-state index is 0.0968. The van der Waals surface area contributed by atoms with Crippen molar-refractivity contribution in [2.75, 3.05) is 30.4 Å². The van der Waals surface area contributed by atoms with E-state index in [4.69, 9.17) is 9.47 Å². The Morgan fingerprint density at radius 1 is 1.11 bits per heavy atom. The number of hydrogen-bond donors (Lipinski definition) is 1. The average molecular weight is 390 g/mol. The van der Waals surface area contributed by atoms with Crippen LogP contribution in [0.4, 0.5) is 5.69 Å². The molecule has 1 heterocycles. The zero-order valence-electron chi connectivity index (χ0n) is 15.1. The van der Waals surface area contributed by atoms with Crippen molar-refractivity contribution in [3.05, 3.63) is 54.1 Å². The molecule has 3 rings (SSSR count). The molecule has 0 aliphatic carbocycles. The Balaban J connectivity index is 1.57. The highest BCUT2D eigenvalue weighted by atomic mass is 32.2. The highest BCUT2D eigenvalue weighted by molar-refractivity contribution is 7.92. The van der Waals surface area contributed by atoms with Crippen molar-refractivity contribution in [1.29, 1.82) is 0 Å². The van der Waals surface area contributed by atoms with E-state index in [0.717, 1.165) is 23.4 Å². The molecule has 144 valence electrons. The topological polar surface area (TPSA) is 84.9 Å². The Labute approximate surface area is 158 Å². The summed E-state index contributed by atoms with van der Waals surface area (Å²) in [6.07, 6.45) is 2.69. The number of carbonyl (C=O) groups excluding carboxylic acids is 1. The minimum atomic E-state index is -3.63. The number of anilines is 1. The Kier molecular flexibility index (Phi) is 5.85. The number of rotatable bonds is 8. The fourth-order valence-corrected chi connectivity index (χ4v) is 3.64. The van der Waals surface area contributed by atoms with E-state index in [-0.39, 0.29) is 19.2 Å². The zero-order chi connectivity index (χ0) is 19.3. The first kappa shape index (κ1) is 19.0. The number of hydrogen-bond acceptors (Lipinski definition) is 5. The van der Waals surface area contributed by atoms with Crippen molar-refractivity contribution in [2.45, 2.75) is 12.8 Å². The van der Waals surface area contributed by atoms with E-state index in [2.05, 4.69) is 5.32 Å². The number of aryl methyl sites for hydroxylation is 1. The summed E-state index contributed by atoms with van der Waals surface area (Å²) >= 11 is 0. The molecule has 0 fully saturated rings. The Hall–Kier alpha value is -2.74. The van der Waals surface area contributed by atoms with Crippen molar-refractivity contribution in [3.8, 4) is 11.5 Å². The molecule has 2 aromatic rings. The summed E-state index contributed by atoms with van der Waals surface area (Å²) in [6.45, 7) is 0.288. The van der Waals surface area contributed by atoms with E-state index >= 15 is 0 Å². The standard InChI is InChI=1S/C19H22N2O5S/c1-27(23,24)21(16-9-10-17-18(12-16)26-14-25-17)13-19(22)20-11-5-8-15-6-3-2-4-7-15/h2-4,6-7,9-10,12H,5,8,11,13-14H2,1H3,(H,20,22). The highest BCUT2D eigenvalue weighted by Gasteiger charge is 2.23. The predicted octanol–water partition coefficient (Wildman–Crippen LogP) is 1.93. The van der Waals surface area contributed by atoms with Gasteiger partial charge in [-0.25, -0.2) is 8.42 Å². The van der Waals surface area contributed by atoms with Crippen LogP contribution in [0, 0.1) is 0 Å². The summed E-state index contributed by atoms with van der Waals surface area (Å²) in [4.78, 5) is 12.2. The van der Waals surface area contributed by atoms with Crippen LogP contribution in [-0.4, -0.2) is 40.5 Å². The highest BCUT2D eigenvalue weighted by Crippen LogP contribution is 2.35. The first-order valence-electron chi connectivity index (χ1n) is 8.61. The maximum atomic E-state index is 12.2. The van der Waals surface area contributed by atoms with E-state index < -0.39 is 10.0 Å². The lowest BCUT2D eigenvalue weighted by Gasteiger charge is -2.22. The van der Waals surface area contributed by atoms with Gasteiger partial charge in [-0.1, -0.05) is 30.3 Å². The molecule has 0 spiro atoms. The molecule has 0 aromatic heterocycles. The van der Waals surface area contributed by atoms with Gasteiger partial charge in [-0.3, -0.25) is 9.10 Å². The normalized spacial score (nSPS) is 12.6. The van der Waals surface area contributed by atoms with Gasteiger partial charge in [-0.15, -0.1) is 0 Å². The predicted molar refractivity (Wildman–Crippen MR) is 103 cm³/mol. The second-order valence-electron chi connectivity index (χ2n) is 6.25. The SMILES string of the molecule is CS(=O)(=O)N(CC(=O)NCCCc1ccccc1)c1ccc2c(c1)OCO2. The van der Waals surface area contributed by atoms with Gasteiger partial charge in [0.05, 0.1) is 11.9 Å². The zero-order valence-corrected chi connectivity index (χ0v) is 15.9. The minimum Gasteiger partial charge on any atom is -0.454 e. The van der Waals surface area contributed by atoms with Crippen LogP contribution in [0.15, 0.2) is 48.5 Å². The Bertz CT molecular complexity index is 900. The summed E-state index contributed by atoms with van der Waals surface area (Å²) in [6, 6.07) is 14.8. The average Bonchev–Trinajstić information content (AvgIpc) is 3.11. The van der Waals surface area contributed by atoms with Crippen molar-refractivity contribution >= 4 is 21.6 Å². The smallest absolute Gasteiger partial charge is 0.240 e. The molecule has 0 atom stereocenters. The molecule has 0 saturated carbocycles. The van der Waals surface area contributed by atoms with Crippen LogP contribution in [-0.2, 0) is 21.2 Å². The largest absolute Gasteiger partial charge is 0.454 e. The number of ether oxygens (including phenoxy) is 2. The number of fused-ring (bicyclic) bond motifs is 1. The quantitative estimate of drug-likeness (QED) is 0.696. The van der Waals surface area contributed by atoms with Gasteiger partial charge >= 0.3 is 0 Å². The number of nitrogens with one attached hydrogen (secondary N) is 1. The van der Waals surface area contributed by atoms with Crippen molar-refractivity contribution in [2.24, 2.45) is 0 Å². The van der Waals surface area contributed by atoms with Gasteiger partial charge in [0.1, 0.15) is 6.54 Å². The lowest BCUT2D eigenvalue weighted by molar-refractivity contribution is -0.119. The molecular weight excluding hydrogens is 368 g/mol. The molecule has 8 heteroatoms. The summed E-state index contributed by atoms with van der Waals surface area (Å²) < 4.78 is 35.9. The van der Waals surface area contributed by atoms with Crippen molar-refractivity contribution in [3.63, 3.8) is 0 Å². The molecule has 1 N–H and O–H groups in total. The lowest BCUT2D eigenvalue weighted by atomic mass is 10.1. The van der Waals surface area contributed by atoms with Gasteiger partial charge in [0, 0.05) is 12.6 Å². The third kappa shape index (κ3) is 5.13. The van der Waals surface area contributed by atoms with Gasteiger partial charge in [0.25, 0.3) is 0 Å². The van der Waals surface area contributed by atoms with Gasteiger partial charge in [0.2, 0.25) is 22.7 Å². The van der Waals surface area contributed by atoms with E-state index in [1.54, 1.807) is 18.2 Å². The maximum Gasteiger partial charge on any atom is 0.240 e. The van der Waals surface area contributed by atoms with Crippen molar-refractivity contribution in [1.82, 2.24) is 5.32 Å². The van der Waals surface area contributed by atoms with Gasteiger partial charge in [0.15, 0.2) is 11.5 Å². The van der Waals surface area contributed by atoms with Crippen molar-refractivity contribution < 1.29 is 22.7 Å². The number of nitrogens with zero attached hydrogens (tertiary/aromatic N) is 1. The number of sulfonamides is 1. The summed E-state index contributed by atoms with van der Waals surface area (Å²) in [5.74, 6) is 0.660. The van der Waals surface area contributed by atoms with E-state index in [9.17, 15) is 13.2 Å². The van der Waals surface area contributed by atoms with Crippen LogP contribution in [0.5, 0.6) is 11.5 Å². The van der Waals surface area contributed by atoms with Gasteiger partial charge in [-0.2, -0.15) is 0 Å². The van der Waals surface area contributed by atoms with E-state index in [0.29, 0.717) is 23.7 Å². The van der Waals surface area contributed by atoms with Gasteiger partial charge < -0.3 is 14.8 Å². The first-order valence-corrected chi connectivity index (χ1v) is 10.5. The second-order valence-corrected chi connectivity index (χ2v) is 8.15. The molecule has 0 bridgehead atoms. The Morgan fingerprint density at radius 2 is 1.85 bits per heavy atom. The van der Waals surface area contributed by atoms with Gasteiger partial charge in [-0.05, 0) is 30.5 Å². The van der Waals surface area contributed by atoms with Crippen LogP contribution in [0.2, 0.25) is 0 Å². The number of benzene rings is 2. The fraction of sp³-hybridized carbons (Fsp3) is 0.316. The first-order chi connectivity index (χ1) is 12.9. The molecule has 7 nitrogen and oxygen atoms in total. The van der Waals surface area contributed by atoms with Crippen LogP contribution >= 0.6 is 0 Å². The molecule has 2 aromatic carbocycles. The molecule has 0 unspecified atom stereocenters. The van der Waals surface area contributed by atoms with E-state index in [1.807, 2.05) is 30.3 Å². The van der Waals surface area contributed by atoms with Crippen LogP contribution in [0.3, 0.4) is 0 Å². The Morgan fingerprint density at radius 3 is 2.59 bits per heavy atom. The molecule has 1 aliphatic rings. The van der Waals surface area contributed by atoms with Crippen LogP contribution in [0.25, 0.3) is 0 Å². The molecule has 1 aliphatic heterocycles. The molecule has 0 saturated heterocycles. The van der Waals surface area contributed by atoms with E-state index in [1.165, 1.54) is 5.56 Å². The number of amides is 1. The van der Waals surface area contributed by atoms with Crippen LogP contribution in [0.1, 0.15) is 12.0 Å². The lowest BCUT2D eigenvalue weighted by Crippen LogP contribution is -2.40. The number of carbonyl (C=O) groups is 1. The summed E-state index contributed by atoms with van der Waals surface area (Å²) in [5.41, 5.74) is 1.56. The summed E-state index contributed by atoms with van der Waals surface area (Å²) in [5, 5.41) is 2.78.